The molecule has 3 heterocycles. The molecule has 0 saturated heterocycles. The van der Waals surface area contributed by atoms with E-state index < -0.39 is 0 Å². The first-order valence-electron chi connectivity index (χ1n) is 20.4. The maximum absolute atomic E-state index is 6.50. The quantitative estimate of drug-likeness (QED) is 0.163. The second-order valence-electron chi connectivity index (χ2n) is 15.7. The molecule has 59 heavy (non-hydrogen) atoms. The van der Waals surface area contributed by atoms with Crippen LogP contribution in [0.25, 0.3) is 94.5 Å². The van der Waals surface area contributed by atoms with Gasteiger partial charge in [-0.3, -0.25) is 4.57 Å². The van der Waals surface area contributed by atoms with Gasteiger partial charge in [-0.15, -0.1) is 0 Å². The largest absolute Gasteiger partial charge is 0.456 e. The van der Waals surface area contributed by atoms with Gasteiger partial charge >= 0.3 is 0 Å². The molecule has 12 rings (SSSR count). The highest BCUT2D eigenvalue weighted by Crippen LogP contribution is 2.47. The predicted molar refractivity (Wildman–Crippen MR) is 242 cm³/mol. The lowest BCUT2D eigenvalue weighted by Crippen LogP contribution is -2.04. The summed E-state index contributed by atoms with van der Waals surface area (Å²) in [7, 11) is 0. The Balaban J connectivity index is 1.04. The van der Waals surface area contributed by atoms with E-state index in [-0.39, 0.29) is 0 Å². The monoisotopic (exact) mass is 755 g/mol. The molecule has 11 aromatic rings. The summed E-state index contributed by atoms with van der Waals surface area (Å²) < 4.78 is 8.76. The number of benzene rings is 8. The van der Waals surface area contributed by atoms with Crippen LogP contribution < -0.4 is 0 Å². The van der Waals surface area contributed by atoms with Crippen LogP contribution in [0.1, 0.15) is 29.0 Å². The van der Waals surface area contributed by atoms with Crippen LogP contribution in [0.4, 0.5) is 0 Å². The van der Waals surface area contributed by atoms with Crippen molar-refractivity contribution in [1.82, 2.24) is 14.5 Å². The van der Waals surface area contributed by atoms with Crippen molar-refractivity contribution in [1.29, 1.82) is 0 Å². The van der Waals surface area contributed by atoms with Gasteiger partial charge in [-0.05, 0) is 76.1 Å². The maximum atomic E-state index is 6.50. The number of para-hydroxylation sites is 1. The molecule has 0 radical (unpaired) electrons. The van der Waals surface area contributed by atoms with Crippen molar-refractivity contribution in [3.63, 3.8) is 0 Å². The Kier molecular flexibility index (Phi) is 7.70. The molecule has 8 aromatic carbocycles. The van der Waals surface area contributed by atoms with Gasteiger partial charge in [0.15, 0.2) is 0 Å². The van der Waals surface area contributed by atoms with E-state index >= 15 is 0 Å². The van der Waals surface area contributed by atoms with Gasteiger partial charge in [-0.1, -0.05) is 164 Å². The van der Waals surface area contributed by atoms with Crippen molar-refractivity contribution < 1.29 is 4.42 Å². The molecule has 4 heteroatoms. The van der Waals surface area contributed by atoms with Gasteiger partial charge in [0.05, 0.1) is 22.4 Å². The van der Waals surface area contributed by atoms with Crippen LogP contribution >= 0.6 is 0 Å². The molecule has 0 amide bonds. The summed E-state index contributed by atoms with van der Waals surface area (Å²) in [5.41, 5.74) is 16.8. The van der Waals surface area contributed by atoms with E-state index in [4.69, 9.17) is 14.4 Å². The van der Waals surface area contributed by atoms with Crippen LogP contribution in [0.15, 0.2) is 199 Å². The van der Waals surface area contributed by atoms with Crippen LogP contribution in [0.3, 0.4) is 0 Å². The summed E-state index contributed by atoms with van der Waals surface area (Å²) in [5.74, 6) is 0.977. The van der Waals surface area contributed by atoms with Crippen LogP contribution in [0.5, 0.6) is 0 Å². The van der Waals surface area contributed by atoms with Gasteiger partial charge in [0.25, 0.3) is 0 Å². The van der Waals surface area contributed by atoms with Gasteiger partial charge in [0.1, 0.15) is 11.2 Å². The number of aromatic nitrogens is 3. The van der Waals surface area contributed by atoms with E-state index in [1.54, 1.807) is 0 Å². The molecule has 0 atom stereocenters. The summed E-state index contributed by atoms with van der Waals surface area (Å²) >= 11 is 0. The summed E-state index contributed by atoms with van der Waals surface area (Å²) in [5, 5.41) is 4.53. The average molecular weight is 756 g/mol. The highest BCUT2D eigenvalue weighted by Gasteiger charge is 2.28. The molecule has 1 aliphatic rings. The highest BCUT2D eigenvalue weighted by atomic mass is 16.3. The fraction of sp³-hybridized carbons (Fsp3) is 0.0545. The molecule has 0 fully saturated rings. The lowest BCUT2D eigenvalue weighted by molar-refractivity contribution is 0.669. The first-order chi connectivity index (χ1) is 29.2. The number of fused-ring (bicyclic) bond motifs is 9. The van der Waals surface area contributed by atoms with Crippen LogP contribution in [-0.4, -0.2) is 14.5 Å². The molecule has 0 N–H and O–H groups in total. The Morgan fingerprint density at radius 2 is 1.00 bits per heavy atom. The summed E-state index contributed by atoms with van der Waals surface area (Å²) in [6.07, 6.45) is 1.95. The van der Waals surface area contributed by atoms with Crippen molar-refractivity contribution in [2.75, 3.05) is 0 Å². The van der Waals surface area contributed by atoms with Crippen molar-refractivity contribution in [2.45, 2.75) is 18.8 Å². The Morgan fingerprint density at radius 3 is 1.73 bits per heavy atom. The Hall–Kier alpha value is -7.56. The van der Waals surface area contributed by atoms with Gasteiger partial charge in [0, 0.05) is 44.7 Å². The molecule has 0 saturated carbocycles. The van der Waals surface area contributed by atoms with E-state index in [1.807, 2.05) is 18.2 Å². The zero-order chi connectivity index (χ0) is 38.9. The number of furan rings is 1. The number of nitrogens with zero attached hydrogens (tertiary/aromatic N) is 3. The molecule has 0 unspecified atom stereocenters. The van der Waals surface area contributed by atoms with Crippen molar-refractivity contribution in [3.05, 3.63) is 211 Å². The van der Waals surface area contributed by atoms with Crippen molar-refractivity contribution >= 4 is 43.7 Å². The fourth-order valence-electron chi connectivity index (χ4n) is 9.44. The standard InChI is InChI=1S/C55H37N3O/c1-3-13-36(14-4-1)37-25-27-39(28-26-37)50-33-49(38-15-5-2-6-16-38)56-55(57-50)58-51-31-35(23-29-44-42-19-9-7-17-40(42)41-18-8-10-20-43(41)44)24-30-45(51)47-32-48-46-21-11-12-22-53(46)59-54(48)34-52(47)58/h1-22,24-28,30-34,44H,23,29H2. The first-order valence-corrected chi connectivity index (χ1v) is 20.4. The molecule has 4 nitrogen and oxygen atoms in total. The minimum absolute atomic E-state index is 0.353. The second-order valence-corrected chi connectivity index (χ2v) is 15.7. The topological polar surface area (TPSA) is 43.9 Å². The van der Waals surface area contributed by atoms with Crippen molar-refractivity contribution in [2.24, 2.45) is 0 Å². The van der Waals surface area contributed by atoms with E-state index in [0.29, 0.717) is 11.9 Å². The molecule has 0 aliphatic heterocycles. The Morgan fingerprint density at radius 1 is 0.424 bits per heavy atom. The minimum atomic E-state index is 0.353. The van der Waals surface area contributed by atoms with Gasteiger partial charge in [0.2, 0.25) is 5.95 Å². The summed E-state index contributed by atoms with van der Waals surface area (Å²) in [6.45, 7) is 0. The van der Waals surface area contributed by atoms with E-state index in [0.717, 1.165) is 79.1 Å². The van der Waals surface area contributed by atoms with Gasteiger partial charge < -0.3 is 4.42 Å². The molecule has 1 aliphatic carbocycles. The van der Waals surface area contributed by atoms with Crippen LogP contribution in [0.2, 0.25) is 0 Å². The first kappa shape index (κ1) is 33.6. The number of hydrogen-bond acceptors (Lipinski definition) is 3. The number of hydrogen-bond donors (Lipinski definition) is 0. The summed E-state index contributed by atoms with van der Waals surface area (Å²) in [6, 6.07) is 69.3. The zero-order valence-electron chi connectivity index (χ0n) is 32.2. The van der Waals surface area contributed by atoms with Crippen LogP contribution in [0, 0.1) is 0 Å². The Labute approximate surface area is 341 Å². The molecular weight excluding hydrogens is 719 g/mol. The third-order valence-corrected chi connectivity index (χ3v) is 12.3. The second kappa shape index (κ2) is 13.5. The number of rotatable bonds is 7. The average Bonchev–Trinajstić information content (AvgIpc) is 3.94. The SMILES string of the molecule is c1ccc(-c2ccc(-c3cc(-c4ccccc4)nc(-n4c5cc(CCC6c7ccccc7-c7ccccc76)ccc5c5cc6c(cc54)oc4ccccc46)n3)cc2)cc1. The highest BCUT2D eigenvalue weighted by molar-refractivity contribution is 6.17. The van der Waals surface area contributed by atoms with E-state index in [2.05, 4.69) is 180 Å². The van der Waals surface area contributed by atoms with Crippen LogP contribution in [-0.2, 0) is 6.42 Å². The zero-order valence-corrected chi connectivity index (χ0v) is 32.2. The Bertz CT molecular complexity index is 3330. The molecular formula is C55H37N3O. The third-order valence-electron chi connectivity index (χ3n) is 12.3. The maximum Gasteiger partial charge on any atom is 0.235 e. The lowest BCUT2D eigenvalue weighted by atomic mass is 9.90. The van der Waals surface area contributed by atoms with E-state index in [9.17, 15) is 0 Å². The lowest BCUT2D eigenvalue weighted by Gasteiger charge is -2.14. The minimum Gasteiger partial charge on any atom is -0.456 e. The third kappa shape index (κ3) is 5.60. The predicted octanol–water partition coefficient (Wildman–Crippen LogP) is 14.2. The van der Waals surface area contributed by atoms with Gasteiger partial charge in [-0.2, -0.15) is 0 Å². The molecule has 0 spiro atoms. The fourth-order valence-corrected chi connectivity index (χ4v) is 9.44. The van der Waals surface area contributed by atoms with Gasteiger partial charge in [-0.25, -0.2) is 9.97 Å². The van der Waals surface area contributed by atoms with Crippen molar-refractivity contribution in [3.8, 4) is 50.7 Å². The number of aryl methyl sites for hydroxylation is 1. The summed E-state index contributed by atoms with van der Waals surface area (Å²) in [4.78, 5) is 10.8. The molecule has 278 valence electrons. The van der Waals surface area contributed by atoms with E-state index in [1.165, 1.54) is 38.9 Å². The smallest absolute Gasteiger partial charge is 0.235 e. The molecule has 3 aromatic heterocycles. The molecule has 0 bridgehead atoms. The normalized spacial score (nSPS) is 12.5.